The van der Waals surface area contributed by atoms with Gasteiger partial charge in [-0.25, -0.2) is 14.8 Å². The van der Waals surface area contributed by atoms with Gasteiger partial charge in [-0.15, -0.1) is 0 Å². The van der Waals surface area contributed by atoms with Crippen molar-refractivity contribution in [2.75, 3.05) is 12.0 Å². The number of imidazole rings is 2. The number of amides is 3. The van der Waals surface area contributed by atoms with Gasteiger partial charge < -0.3 is 41.9 Å². The molecule has 0 aliphatic carbocycles. The zero-order valence-corrected chi connectivity index (χ0v) is 20.8. The first kappa shape index (κ1) is 29.3. The van der Waals surface area contributed by atoms with Crippen molar-refractivity contribution < 1.29 is 34.2 Å². The summed E-state index contributed by atoms with van der Waals surface area (Å²) in [7, 11) is 0. The first-order valence-electron chi connectivity index (χ1n) is 11.1. The summed E-state index contributed by atoms with van der Waals surface area (Å²) in [6.45, 7) is 0. The number of carboxylic acid groups (broad SMARTS) is 2. The fraction of sp³-hybridized carbons (Fsp3) is 0.476. The summed E-state index contributed by atoms with van der Waals surface area (Å²) < 4.78 is 0. The van der Waals surface area contributed by atoms with Gasteiger partial charge in [0.25, 0.3) is 0 Å². The molecule has 9 N–H and O–H groups in total. The van der Waals surface area contributed by atoms with Crippen LogP contribution in [-0.2, 0) is 36.8 Å². The Morgan fingerprint density at radius 3 is 1.95 bits per heavy atom. The summed E-state index contributed by atoms with van der Waals surface area (Å²) in [5.41, 5.74) is 6.92. The van der Waals surface area contributed by atoms with Crippen LogP contribution in [-0.4, -0.2) is 96.0 Å². The van der Waals surface area contributed by atoms with Gasteiger partial charge in [-0.1, -0.05) is 0 Å². The average molecular weight is 539 g/mol. The van der Waals surface area contributed by atoms with Gasteiger partial charge in [0.2, 0.25) is 17.7 Å². The highest BCUT2D eigenvalue weighted by Gasteiger charge is 2.31. The zero-order chi connectivity index (χ0) is 27.4. The van der Waals surface area contributed by atoms with Gasteiger partial charge in [-0.05, 0) is 18.4 Å². The maximum absolute atomic E-state index is 12.9. The van der Waals surface area contributed by atoms with E-state index in [1.807, 2.05) is 0 Å². The van der Waals surface area contributed by atoms with Gasteiger partial charge in [0, 0.05) is 36.6 Å². The quantitative estimate of drug-likeness (QED) is 0.116. The molecule has 16 heteroatoms. The minimum atomic E-state index is -1.53. The number of carboxylic acids is 2. The van der Waals surface area contributed by atoms with Crippen molar-refractivity contribution in [3.05, 3.63) is 36.4 Å². The van der Waals surface area contributed by atoms with Crippen molar-refractivity contribution in [1.29, 1.82) is 0 Å². The van der Waals surface area contributed by atoms with E-state index in [0.717, 1.165) is 0 Å². The van der Waals surface area contributed by atoms with Crippen molar-refractivity contribution in [1.82, 2.24) is 35.9 Å². The molecule has 0 saturated carbocycles. The molecular formula is C21H30N8O7S. The molecule has 2 aromatic rings. The molecule has 0 spiro atoms. The molecule has 0 aliphatic heterocycles. The van der Waals surface area contributed by atoms with Crippen LogP contribution < -0.4 is 21.7 Å². The van der Waals surface area contributed by atoms with Crippen LogP contribution in [0.2, 0.25) is 0 Å². The second-order valence-electron chi connectivity index (χ2n) is 8.07. The lowest BCUT2D eigenvalue weighted by Gasteiger charge is -2.24. The molecule has 37 heavy (non-hydrogen) atoms. The van der Waals surface area contributed by atoms with Gasteiger partial charge in [-0.3, -0.25) is 19.2 Å². The third-order valence-corrected chi connectivity index (χ3v) is 5.82. The lowest BCUT2D eigenvalue weighted by atomic mass is 10.1. The highest BCUT2D eigenvalue weighted by Crippen LogP contribution is 2.06. The normalized spacial score (nSPS) is 14.1. The second-order valence-corrected chi connectivity index (χ2v) is 9.06. The SMILES string of the molecule is CSCCC(NC(=O)C(CC(=O)O)NC(=O)C(N)Cc1cnc[nH]1)C(=O)NC(Cc1cnc[nH]1)C(=O)O. The molecule has 0 aliphatic rings. The number of nitrogens with two attached hydrogens (primary N) is 1. The maximum Gasteiger partial charge on any atom is 0.326 e. The van der Waals surface area contributed by atoms with E-state index in [9.17, 15) is 34.2 Å². The first-order valence-corrected chi connectivity index (χ1v) is 12.5. The molecule has 0 fully saturated rings. The summed E-state index contributed by atoms with van der Waals surface area (Å²) in [6, 6.07) is -5.12. The number of carbonyl (C=O) groups is 5. The molecule has 0 saturated heterocycles. The Kier molecular flexibility index (Phi) is 11.6. The van der Waals surface area contributed by atoms with E-state index in [2.05, 4.69) is 35.9 Å². The van der Waals surface area contributed by atoms with E-state index in [0.29, 0.717) is 17.1 Å². The van der Waals surface area contributed by atoms with E-state index < -0.39 is 60.2 Å². The number of nitrogens with one attached hydrogen (secondary N) is 5. The molecule has 0 bridgehead atoms. The number of rotatable bonds is 16. The lowest BCUT2D eigenvalue weighted by Crippen LogP contribution is -2.58. The minimum Gasteiger partial charge on any atom is -0.481 e. The molecule has 2 heterocycles. The van der Waals surface area contributed by atoms with Crippen LogP contribution in [0.15, 0.2) is 25.0 Å². The Balaban J connectivity index is 2.09. The smallest absolute Gasteiger partial charge is 0.326 e. The molecule has 0 aromatic carbocycles. The van der Waals surface area contributed by atoms with Gasteiger partial charge in [0.15, 0.2) is 0 Å². The maximum atomic E-state index is 12.9. The van der Waals surface area contributed by atoms with Crippen LogP contribution in [0.25, 0.3) is 0 Å². The number of H-pyrrole nitrogens is 2. The molecule has 202 valence electrons. The van der Waals surface area contributed by atoms with Crippen LogP contribution >= 0.6 is 11.8 Å². The summed E-state index contributed by atoms with van der Waals surface area (Å²) in [6.07, 6.45) is 6.81. The number of aromatic nitrogens is 4. The van der Waals surface area contributed by atoms with Gasteiger partial charge >= 0.3 is 11.9 Å². The highest BCUT2D eigenvalue weighted by atomic mass is 32.2. The summed E-state index contributed by atoms with van der Waals surface area (Å²) in [5.74, 6) is -4.69. The first-order chi connectivity index (χ1) is 17.6. The molecule has 4 atom stereocenters. The van der Waals surface area contributed by atoms with Crippen LogP contribution in [0.1, 0.15) is 24.2 Å². The molecule has 2 aromatic heterocycles. The van der Waals surface area contributed by atoms with Crippen LogP contribution in [0.5, 0.6) is 0 Å². The molecular weight excluding hydrogens is 508 g/mol. The Bertz CT molecular complexity index is 1050. The predicted molar refractivity (Wildman–Crippen MR) is 131 cm³/mol. The Hall–Kier alpha value is -3.92. The molecule has 3 amide bonds. The van der Waals surface area contributed by atoms with Crippen molar-refractivity contribution in [3.63, 3.8) is 0 Å². The van der Waals surface area contributed by atoms with Crippen molar-refractivity contribution >= 4 is 41.4 Å². The van der Waals surface area contributed by atoms with Crippen molar-refractivity contribution in [2.24, 2.45) is 5.73 Å². The number of hydrogen-bond donors (Lipinski definition) is 8. The van der Waals surface area contributed by atoms with Crippen molar-refractivity contribution in [3.8, 4) is 0 Å². The molecule has 0 radical (unpaired) electrons. The third kappa shape index (κ3) is 9.92. The number of nitrogens with zero attached hydrogens (tertiary/aromatic N) is 2. The van der Waals surface area contributed by atoms with Gasteiger partial charge in [-0.2, -0.15) is 11.8 Å². The summed E-state index contributed by atoms with van der Waals surface area (Å²) >= 11 is 1.39. The van der Waals surface area contributed by atoms with E-state index >= 15 is 0 Å². The Morgan fingerprint density at radius 2 is 1.43 bits per heavy atom. The topological polar surface area (TPSA) is 245 Å². The molecule has 2 rings (SSSR count). The average Bonchev–Trinajstić information content (AvgIpc) is 3.54. The molecule has 4 unspecified atom stereocenters. The second kappa shape index (κ2) is 14.6. The standard InChI is InChI=1S/C21H30N8O7S/c1-37-3-2-14(19(33)29-16(21(35)36)5-12-8-24-10-26-12)27-20(34)15(6-17(30)31)28-18(32)13(22)4-11-7-23-9-25-11/h7-10,13-16H,2-6,22H2,1H3,(H,23,25)(H,24,26)(H,27,34)(H,28,32)(H,29,33)(H,30,31)(H,35,36). The summed E-state index contributed by atoms with van der Waals surface area (Å²) in [4.78, 5) is 74.6. The summed E-state index contributed by atoms with van der Waals surface area (Å²) in [5, 5.41) is 25.9. The zero-order valence-electron chi connectivity index (χ0n) is 20.0. The Morgan fingerprint density at radius 1 is 0.892 bits per heavy atom. The van der Waals surface area contributed by atoms with Crippen molar-refractivity contribution in [2.45, 2.75) is 49.9 Å². The van der Waals surface area contributed by atoms with E-state index in [1.165, 1.54) is 36.8 Å². The fourth-order valence-electron chi connectivity index (χ4n) is 3.25. The number of carbonyl (C=O) groups excluding carboxylic acids is 3. The van der Waals surface area contributed by atoms with E-state index in [-0.39, 0.29) is 19.3 Å². The van der Waals surface area contributed by atoms with Gasteiger partial charge in [0.05, 0.1) is 25.1 Å². The van der Waals surface area contributed by atoms with Gasteiger partial charge in [0.1, 0.15) is 18.1 Å². The number of hydrogen-bond acceptors (Lipinski definition) is 9. The lowest BCUT2D eigenvalue weighted by molar-refractivity contribution is -0.143. The van der Waals surface area contributed by atoms with E-state index in [4.69, 9.17) is 5.73 Å². The number of thioether (sulfide) groups is 1. The van der Waals surface area contributed by atoms with Crippen LogP contribution in [0.3, 0.4) is 0 Å². The fourth-order valence-corrected chi connectivity index (χ4v) is 3.73. The Labute approximate surface area is 215 Å². The van der Waals surface area contributed by atoms with Crippen LogP contribution in [0, 0.1) is 0 Å². The largest absolute Gasteiger partial charge is 0.481 e. The monoisotopic (exact) mass is 538 g/mol. The van der Waals surface area contributed by atoms with Crippen LogP contribution in [0.4, 0.5) is 0 Å². The predicted octanol–water partition coefficient (Wildman–Crippen LogP) is -1.99. The minimum absolute atomic E-state index is 0.0684. The number of aliphatic carboxylic acids is 2. The number of aromatic amines is 2. The molecule has 15 nitrogen and oxygen atoms in total. The third-order valence-electron chi connectivity index (χ3n) is 5.18. The van der Waals surface area contributed by atoms with E-state index in [1.54, 1.807) is 6.26 Å². The highest BCUT2D eigenvalue weighted by molar-refractivity contribution is 7.98.